The Hall–Kier alpha value is -0.390. The predicted molar refractivity (Wildman–Crippen MR) is 91.7 cm³/mol. The van der Waals surface area contributed by atoms with E-state index in [-0.39, 0.29) is 6.04 Å². The van der Waals surface area contributed by atoms with Gasteiger partial charge in [-0.2, -0.15) is 0 Å². The fourth-order valence-electron chi connectivity index (χ4n) is 2.67. The van der Waals surface area contributed by atoms with E-state index in [1.54, 1.807) is 22.7 Å². The Labute approximate surface area is 139 Å². The Balaban J connectivity index is 1.74. The highest BCUT2D eigenvalue weighted by atomic mass is 35.5. The largest absolute Gasteiger partial charge is 0.381 e. The quantitative estimate of drug-likeness (QED) is 0.830. The van der Waals surface area contributed by atoms with Crippen LogP contribution in [-0.4, -0.2) is 19.8 Å². The normalized spacial score (nSPS) is 19.5. The van der Waals surface area contributed by atoms with Crippen molar-refractivity contribution in [1.29, 1.82) is 0 Å². The highest BCUT2D eigenvalue weighted by Gasteiger charge is 2.29. The molecule has 1 aliphatic rings. The van der Waals surface area contributed by atoms with E-state index in [1.807, 2.05) is 6.07 Å². The first kappa shape index (κ1) is 15.5. The standard InChI is InChI=1S/C16H20ClNOS2/c1-16(6-8-19-9-7-16)11-18-15(12-3-2-10-20-12)13-4-5-14(17)21-13/h2-5,10,15,18H,6-9,11H2,1H3. The Kier molecular flexibility index (Phi) is 5.02. The molecule has 1 atom stereocenters. The van der Waals surface area contributed by atoms with Crippen molar-refractivity contribution in [3.8, 4) is 0 Å². The van der Waals surface area contributed by atoms with Crippen LogP contribution in [0.2, 0.25) is 4.34 Å². The molecule has 2 nitrogen and oxygen atoms in total. The number of rotatable bonds is 5. The third-order valence-corrected chi connectivity index (χ3v) is 6.37. The summed E-state index contributed by atoms with van der Waals surface area (Å²) in [6, 6.07) is 8.68. The van der Waals surface area contributed by atoms with Gasteiger partial charge >= 0.3 is 0 Å². The van der Waals surface area contributed by atoms with Crippen LogP contribution in [0.25, 0.3) is 0 Å². The first-order valence-corrected chi connectivity index (χ1v) is 9.33. The predicted octanol–water partition coefficient (Wildman–Crippen LogP) is 4.96. The van der Waals surface area contributed by atoms with E-state index in [2.05, 4.69) is 35.8 Å². The van der Waals surface area contributed by atoms with Gasteiger partial charge in [0, 0.05) is 29.5 Å². The van der Waals surface area contributed by atoms with E-state index in [1.165, 1.54) is 9.75 Å². The van der Waals surface area contributed by atoms with Crippen LogP contribution in [0.15, 0.2) is 29.6 Å². The monoisotopic (exact) mass is 341 g/mol. The van der Waals surface area contributed by atoms with E-state index < -0.39 is 0 Å². The third-order valence-electron chi connectivity index (χ3n) is 4.14. The summed E-state index contributed by atoms with van der Waals surface area (Å²) in [6.45, 7) is 5.13. The maximum Gasteiger partial charge on any atom is 0.0931 e. The lowest BCUT2D eigenvalue weighted by atomic mass is 9.82. The lowest BCUT2D eigenvalue weighted by molar-refractivity contribution is 0.0234. The molecule has 0 bridgehead atoms. The zero-order valence-electron chi connectivity index (χ0n) is 12.1. The number of hydrogen-bond donors (Lipinski definition) is 1. The molecule has 0 saturated carbocycles. The van der Waals surface area contributed by atoms with Crippen LogP contribution in [-0.2, 0) is 4.74 Å². The van der Waals surface area contributed by atoms with Crippen LogP contribution in [0.1, 0.15) is 35.6 Å². The molecule has 0 aromatic carbocycles. The van der Waals surface area contributed by atoms with Gasteiger partial charge in [0.05, 0.1) is 10.4 Å². The van der Waals surface area contributed by atoms with Crippen molar-refractivity contribution < 1.29 is 4.74 Å². The summed E-state index contributed by atoms with van der Waals surface area (Å²) in [5.74, 6) is 0. The smallest absolute Gasteiger partial charge is 0.0931 e. The number of hydrogen-bond acceptors (Lipinski definition) is 4. The third kappa shape index (κ3) is 3.88. The second-order valence-electron chi connectivity index (χ2n) is 5.89. The minimum absolute atomic E-state index is 0.252. The Morgan fingerprint density at radius 3 is 2.71 bits per heavy atom. The molecule has 1 saturated heterocycles. The minimum atomic E-state index is 0.252. The van der Waals surface area contributed by atoms with Crippen LogP contribution in [0.4, 0.5) is 0 Å². The summed E-state index contributed by atoms with van der Waals surface area (Å²) in [5.41, 5.74) is 0.328. The molecule has 0 spiro atoms. The summed E-state index contributed by atoms with van der Waals surface area (Å²) in [4.78, 5) is 2.64. The molecule has 114 valence electrons. The summed E-state index contributed by atoms with van der Waals surface area (Å²) in [5, 5.41) is 5.90. The minimum Gasteiger partial charge on any atom is -0.381 e. The van der Waals surface area contributed by atoms with Gasteiger partial charge in [-0.15, -0.1) is 22.7 Å². The van der Waals surface area contributed by atoms with Gasteiger partial charge in [-0.3, -0.25) is 0 Å². The molecule has 0 aliphatic carbocycles. The fourth-order valence-corrected chi connectivity index (χ4v) is 4.72. The lowest BCUT2D eigenvalue weighted by Gasteiger charge is -2.35. The van der Waals surface area contributed by atoms with Crippen molar-refractivity contribution >= 4 is 34.3 Å². The molecule has 2 aromatic rings. The molecule has 1 N–H and O–H groups in total. The zero-order chi connectivity index (χ0) is 14.7. The lowest BCUT2D eigenvalue weighted by Crippen LogP contribution is -2.38. The van der Waals surface area contributed by atoms with Crippen LogP contribution in [0, 0.1) is 5.41 Å². The molecule has 0 radical (unpaired) electrons. The molecule has 1 fully saturated rings. The first-order chi connectivity index (χ1) is 10.2. The number of halogens is 1. The van der Waals surface area contributed by atoms with Gasteiger partial charge < -0.3 is 10.1 Å². The maximum absolute atomic E-state index is 6.12. The number of thiophene rings is 2. The molecule has 1 unspecified atom stereocenters. The van der Waals surface area contributed by atoms with E-state index in [0.717, 1.165) is 36.9 Å². The van der Waals surface area contributed by atoms with Gasteiger partial charge in [-0.25, -0.2) is 0 Å². The van der Waals surface area contributed by atoms with E-state index in [0.29, 0.717) is 5.41 Å². The van der Waals surface area contributed by atoms with Crippen LogP contribution in [0.3, 0.4) is 0 Å². The topological polar surface area (TPSA) is 21.3 Å². The Bertz CT molecular complexity index is 561. The van der Waals surface area contributed by atoms with Gasteiger partial charge in [0.2, 0.25) is 0 Å². The first-order valence-electron chi connectivity index (χ1n) is 7.26. The second-order valence-corrected chi connectivity index (χ2v) is 8.62. The summed E-state index contributed by atoms with van der Waals surface area (Å²) in [7, 11) is 0. The highest BCUT2D eigenvalue weighted by molar-refractivity contribution is 7.16. The Morgan fingerprint density at radius 1 is 1.29 bits per heavy atom. The van der Waals surface area contributed by atoms with Crippen molar-refractivity contribution in [2.24, 2.45) is 5.41 Å². The molecule has 5 heteroatoms. The van der Waals surface area contributed by atoms with E-state index in [9.17, 15) is 0 Å². The molecule has 1 aliphatic heterocycles. The van der Waals surface area contributed by atoms with E-state index in [4.69, 9.17) is 16.3 Å². The molecule has 3 rings (SSSR count). The molecular formula is C16H20ClNOS2. The van der Waals surface area contributed by atoms with Gasteiger partial charge in [0.1, 0.15) is 0 Å². The van der Waals surface area contributed by atoms with Crippen LogP contribution in [0.5, 0.6) is 0 Å². The number of nitrogens with one attached hydrogen (secondary N) is 1. The van der Waals surface area contributed by atoms with Crippen molar-refractivity contribution in [2.75, 3.05) is 19.8 Å². The Morgan fingerprint density at radius 2 is 2.10 bits per heavy atom. The SMILES string of the molecule is CC1(CNC(c2cccs2)c2ccc(Cl)s2)CCOCC1. The van der Waals surface area contributed by atoms with Gasteiger partial charge in [-0.1, -0.05) is 24.6 Å². The van der Waals surface area contributed by atoms with Crippen molar-refractivity contribution in [1.82, 2.24) is 5.32 Å². The summed E-state index contributed by atoms with van der Waals surface area (Å²) in [6.07, 6.45) is 2.25. The highest BCUT2D eigenvalue weighted by Crippen LogP contribution is 2.35. The molecular weight excluding hydrogens is 322 g/mol. The maximum atomic E-state index is 6.12. The zero-order valence-corrected chi connectivity index (χ0v) is 14.5. The molecule has 21 heavy (non-hydrogen) atoms. The van der Waals surface area contributed by atoms with E-state index >= 15 is 0 Å². The van der Waals surface area contributed by atoms with Crippen LogP contribution < -0.4 is 5.32 Å². The molecule has 3 heterocycles. The molecule has 0 amide bonds. The summed E-state index contributed by atoms with van der Waals surface area (Å²) < 4.78 is 6.34. The van der Waals surface area contributed by atoms with Crippen molar-refractivity contribution in [3.05, 3.63) is 43.7 Å². The van der Waals surface area contributed by atoms with Crippen molar-refractivity contribution in [3.63, 3.8) is 0 Å². The van der Waals surface area contributed by atoms with Crippen molar-refractivity contribution in [2.45, 2.75) is 25.8 Å². The fraction of sp³-hybridized carbons (Fsp3) is 0.500. The van der Waals surface area contributed by atoms with Gasteiger partial charge in [0.25, 0.3) is 0 Å². The average molecular weight is 342 g/mol. The molecule has 2 aromatic heterocycles. The van der Waals surface area contributed by atoms with Crippen LogP contribution >= 0.6 is 34.3 Å². The van der Waals surface area contributed by atoms with Gasteiger partial charge in [-0.05, 0) is 41.8 Å². The number of ether oxygens (including phenoxy) is 1. The van der Waals surface area contributed by atoms with Gasteiger partial charge in [0.15, 0.2) is 0 Å². The summed E-state index contributed by atoms with van der Waals surface area (Å²) >= 11 is 9.58. The average Bonchev–Trinajstić information content (AvgIpc) is 3.12. The second kappa shape index (κ2) is 6.80.